The summed E-state index contributed by atoms with van der Waals surface area (Å²) in [5.41, 5.74) is 0.580. The third-order valence-corrected chi connectivity index (χ3v) is 1.83. The average molecular weight is 219 g/mol. The minimum Gasteiger partial charge on any atom is -0.389 e. The maximum atomic E-state index is 12.6. The van der Waals surface area contributed by atoms with Crippen molar-refractivity contribution in [2.45, 2.75) is 13.0 Å². The van der Waals surface area contributed by atoms with Crippen LogP contribution in [0.3, 0.4) is 0 Å². The Hall–Kier alpha value is -0.410. The lowest BCUT2D eigenvalue weighted by Crippen LogP contribution is -1.91. The summed E-state index contributed by atoms with van der Waals surface area (Å²) in [6, 6.07) is 4.36. The molecule has 0 spiro atoms. The lowest BCUT2D eigenvalue weighted by molar-refractivity contribution is 0.198. The molecule has 1 rings (SSSR count). The number of benzene rings is 1. The van der Waals surface area contributed by atoms with Gasteiger partial charge in [0.2, 0.25) is 0 Å². The summed E-state index contributed by atoms with van der Waals surface area (Å²) in [7, 11) is 0. The first-order valence-electron chi connectivity index (χ1n) is 3.23. The zero-order valence-corrected chi connectivity index (χ0v) is 7.60. The van der Waals surface area contributed by atoms with E-state index in [0.717, 1.165) is 0 Å². The number of halogens is 2. The van der Waals surface area contributed by atoms with Crippen molar-refractivity contribution in [1.29, 1.82) is 0 Å². The zero-order chi connectivity index (χ0) is 8.43. The highest BCUT2D eigenvalue weighted by Gasteiger charge is 2.03. The molecule has 0 aromatic heterocycles. The molecule has 0 aliphatic carbocycles. The zero-order valence-electron chi connectivity index (χ0n) is 6.01. The highest BCUT2D eigenvalue weighted by Crippen LogP contribution is 2.19. The van der Waals surface area contributed by atoms with Gasteiger partial charge in [-0.15, -0.1) is 0 Å². The Morgan fingerprint density at radius 2 is 2.09 bits per heavy atom. The van der Waals surface area contributed by atoms with Crippen LogP contribution in [-0.2, 0) is 0 Å². The predicted octanol–water partition coefficient (Wildman–Crippen LogP) is 2.64. The number of aliphatic hydroxyl groups excluding tert-OH is 1. The first kappa shape index (κ1) is 8.68. The third kappa shape index (κ3) is 2.27. The fraction of sp³-hybridized carbons (Fsp3) is 0.250. The summed E-state index contributed by atoms with van der Waals surface area (Å²) in [6.45, 7) is 1.60. The molecule has 1 nitrogen and oxygen atoms in total. The van der Waals surface area contributed by atoms with Crippen LogP contribution in [-0.4, -0.2) is 5.11 Å². The number of hydrogen-bond acceptors (Lipinski definition) is 1. The molecule has 0 saturated heterocycles. The van der Waals surface area contributed by atoms with Gasteiger partial charge < -0.3 is 5.11 Å². The van der Waals surface area contributed by atoms with Gasteiger partial charge >= 0.3 is 0 Å². The smallest absolute Gasteiger partial charge is 0.124 e. The summed E-state index contributed by atoms with van der Waals surface area (Å²) < 4.78 is 13.3. The first-order valence-corrected chi connectivity index (χ1v) is 4.03. The average Bonchev–Trinajstić information content (AvgIpc) is 1.85. The van der Waals surface area contributed by atoms with Crippen molar-refractivity contribution in [1.82, 2.24) is 0 Å². The molecule has 1 N–H and O–H groups in total. The topological polar surface area (TPSA) is 20.2 Å². The summed E-state index contributed by atoms with van der Waals surface area (Å²) in [6.07, 6.45) is -0.623. The molecule has 1 atom stereocenters. The molecule has 0 aliphatic heterocycles. The molecule has 0 bridgehead atoms. The van der Waals surface area contributed by atoms with Gasteiger partial charge in [-0.05, 0) is 30.7 Å². The van der Waals surface area contributed by atoms with Gasteiger partial charge in [-0.1, -0.05) is 15.9 Å². The van der Waals surface area contributed by atoms with Crippen molar-refractivity contribution in [2.75, 3.05) is 0 Å². The number of aliphatic hydroxyl groups is 1. The highest BCUT2D eigenvalue weighted by atomic mass is 79.9. The molecular weight excluding hydrogens is 211 g/mol. The fourth-order valence-electron chi connectivity index (χ4n) is 0.816. The molecule has 1 unspecified atom stereocenters. The van der Waals surface area contributed by atoms with E-state index < -0.39 is 6.10 Å². The van der Waals surface area contributed by atoms with Crippen LogP contribution in [0.25, 0.3) is 0 Å². The molecule has 0 radical (unpaired) electrons. The van der Waals surface area contributed by atoms with Gasteiger partial charge in [0.25, 0.3) is 0 Å². The van der Waals surface area contributed by atoms with Crippen molar-refractivity contribution < 1.29 is 9.50 Å². The molecule has 0 saturated carbocycles. The lowest BCUT2D eigenvalue weighted by Gasteiger charge is -2.04. The Labute approximate surface area is 73.0 Å². The predicted molar refractivity (Wildman–Crippen MR) is 44.7 cm³/mol. The van der Waals surface area contributed by atoms with E-state index in [1.54, 1.807) is 13.0 Å². The van der Waals surface area contributed by atoms with Crippen LogP contribution >= 0.6 is 15.9 Å². The van der Waals surface area contributed by atoms with Gasteiger partial charge in [-0.2, -0.15) is 0 Å². The molecule has 0 aliphatic rings. The Balaban J connectivity index is 3.08. The van der Waals surface area contributed by atoms with Crippen molar-refractivity contribution in [2.24, 2.45) is 0 Å². The van der Waals surface area contributed by atoms with Gasteiger partial charge in [0.15, 0.2) is 0 Å². The van der Waals surface area contributed by atoms with Crippen LogP contribution in [0, 0.1) is 5.82 Å². The standard InChI is InChI=1S/C8H8BrFO/c1-5(11)6-2-7(9)4-8(10)3-6/h2-5,11H,1H3. The highest BCUT2D eigenvalue weighted by molar-refractivity contribution is 9.10. The normalized spacial score (nSPS) is 13.1. The van der Waals surface area contributed by atoms with Crippen molar-refractivity contribution in [3.63, 3.8) is 0 Å². The molecule has 11 heavy (non-hydrogen) atoms. The van der Waals surface area contributed by atoms with Crippen molar-refractivity contribution >= 4 is 15.9 Å². The van der Waals surface area contributed by atoms with E-state index in [1.807, 2.05) is 0 Å². The van der Waals surface area contributed by atoms with Gasteiger partial charge in [0.05, 0.1) is 6.10 Å². The summed E-state index contributed by atoms with van der Waals surface area (Å²) in [5.74, 6) is -0.338. The largest absolute Gasteiger partial charge is 0.389 e. The summed E-state index contributed by atoms with van der Waals surface area (Å²) in [4.78, 5) is 0. The molecule has 0 amide bonds. The maximum Gasteiger partial charge on any atom is 0.124 e. The SMILES string of the molecule is CC(O)c1cc(F)cc(Br)c1. The lowest BCUT2D eigenvalue weighted by atomic mass is 10.1. The van der Waals surface area contributed by atoms with E-state index >= 15 is 0 Å². The fourth-order valence-corrected chi connectivity index (χ4v) is 1.30. The molecule has 0 fully saturated rings. The molecule has 1 aromatic carbocycles. The molecular formula is C8H8BrFO. The van der Waals surface area contributed by atoms with Gasteiger partial charge in [0.1, 0.15) is 5.82 Å². The van der Waals surface area contributed by atoms with Crippen LogP contribution < -0.4 is 0 Å². The molecule has 60 valence electrons. The Bertz CT molecular complexity index is 240. The van der Waals surface area contributed by atoms with Crippen molar-refractivity contribution in [3.05, 3.63) is 34.1 Å². The molecule has 0 heterocycles. The second-order valence-corrected chi connectivity index (χ2v) is 3.29. The van der Waals surface area contributed by atoms with Crippen LogP contribution in [0.2, 0.25) is 0 Å². The monoisotopic (exact) mass is 218 g/mol. The van der Waals surface area contributed by atoms with Crippen LogP contribution in [0.1, 0.15) is 18.6 Å². The Morgan fingerprint density at radius 1 is 1.45 bits per heavy atom. The minimum absolute atomic E-state index is 0.338. The maximum absolute atomic E-state index is 12.6. The quantitative estimate of drug-likeness (QED) is 0.769. The van der Waals surface area contributed by atoms with E-state index in [0.29, 0.717) is 10.0 Å². The van der Waals surface area contributed by atoms with E-state index in [4.69, 9.17) is 5.11 Å². The van der Waals surface area contributed by atoms with Crippen LogP contribution in [0.4, 0.5) is 4.39 Å². The second kappa shape index (κ2) is 3.32. The van der Waals surface area contributed by atoms with Crippen LogP contribution in [0.15, 0.2) is 22.7 Å². The Kier molecular flexibility index (Phi) is 2.62. The molecule has 1 aromatic rings. The molecule has 3 heteroatoms. The van der Waals surface area contributed by atoms with Crippen LogP contribution in [0.5, 0.6) is 0 Å². The number of hydrogen-bond donors (Lipinski definition) is 1. The summed E-state index contributed by atoms with van der Waals surface area (Å²) >= 11 is 3.13. The van der Waals surface area contributed by atoms with Gasteiger partial charge in [0, 0.05) is 4.47 Å². The first-order chi connectivity index (χ1) is 5.09. The van der Waals surface area contributed by atoms with E-state index in [-0.39, 0.29) is 5.82 Å². The van der Waals surface area contributed by atoms with Gasteiger partial charge in [-0.25, -0.2) is 4.39 Å². The van der Waals surface area contributed by atoms with E-state index in [2.05, 4.69) is 15.9 Å². The van der Waals surface area contributed by atoms with Gasteiger partial charge in [-0.3, -0.25) is 0 Å². The minimum atomic E-state index is -0.623. The second-order valence-electron chi connectivity index (χ2n) is 2.38. The van der Waals surface area contributed by atoms with E-state index in [9.17, 15) is 4.39 Å². The van der Waals surface area contributed by atoms with E-state index in [1.165, 1.54) is 12.1 Å². The van der Waals surface area contributed by atoms with Crippen molar-refractivity contribution in [3.8, 4) is 0 Å². The summed E-state index contributed by atoms with van der Waals surface area (Å²) in [5, 5.41) is 9.09. The Morgan fingerprint density at radius 3 is 2.55 bits per heavy atom. The number of rotatable bonds is 1. The third-order valence-electron chi connectivity index (χ3n) is 1.37.